The van der Waals surface area contributed by atoms with Gasteiger partial charge in [-0.1, -0.05) is 68.2 Å². The molecule has 1 heterocycles. The molecule has 39 heavy (non-hydrogen) atoms. The number of hydrogen-bond acceptors (Lipinski definition) is 2. The van der Waals surface area contributed by atoms with Crippen molar-refractivity contribution in [3.8, 4) is 6.07 Å². The molecule has 2 amide bonds. The molecule has 0 saturated carbocycles. The molecule has 0 bridgehead atoms. The molecule has 0 radical (unpaired) electrons. The molecule has 1 fully saturated rings. The SMILES string of the molecule is CC(C)(C)C[C@@H]1CN(C(=O)NCc2ccc(F)cc2)[C@H](C2CC=CC(Cl)=C2F)[C@@]1(C#N)c1ccc(Cl)cc1F. The third-order valence-electron chi connectivity index (χ3n) is 7.49. The average Bonchev–Trinajstić information content (AvgIpc) is 3.18. The molecule has 4 nitrogen and oxygen atoms in total. The Bertz CT molecular complexity index is 1350. The summed E-state index contributed by atoms with van der Waals surface area (Å²) < 4.78 is 44.7. The monoisotopic (exact) mass is 575 g/mol. The molecule has 4 rings (SSSR count). The number of carbonyl (C=O) groups is 1. The Morgan fingerprint density at radius 3 is 2.46 bits per heavy atom. The van der Waals surface area contributed by atoms with Crippen LogP contribution < -0.4 is 5.32 Å². The minimum absolute atomic E-state index is 0.0703. The number of likely N-dealkylation sites (tertiary alicyclic amines) is 1. The molecule has 1 aliphatic carbocycles. The third kappa shape index (κ3) is 5.83. The number of allylic oxidation sites excluding steroid dienone is 3. The van der Waals surface area contributed by atoms with Gasteiger partial charge in [-0.25, -0.2) is 18.0 Å². The summed E-state index contributed by atoms with van der Waals surface area (Å²) in [6.45, 7) is 6.18. The van der Waals surface area contributed by atoms with Crippen LogP contribution in [-0.4, -0.2) is 23.5 Å². The first-order chi connectivity index (χ1) is 18.4. The topological polar surface area (TPSA) is 56.1 Å². The van der Waals surface area contributed by atoms with E-state index in [-0.39, 0.29) is 40.5 Å². The lowest BCUT2D eigenvalue weighted by Gasteiger charge is -2.41. The van der Waals surface area contributed by atoms with Gasteiger partial charge in [0.1, 0.15) is 22.9 Å². The Morgan fingerprint density at radius 1 is 1.15 bits per heavy atom. The second-order valence-electron chi connectivity index (χ2n) is 11.4. The van der Waals surface area contributed by atoms with Gasteiger partial charge < -0.3 is 10.2 Å². The van der Waals surface area contributed by atoms with Crippen molar-refractivity contribution in [2.75, 3.05) is 6.54 Å². The number of halogens is 5. The van der Waals surface area contributed by atoms with Gasteiger partial charge in [-0.05, 0) is 54.2 Å². The first kappa shape index (κ1) is 29.0. The van der Waals surface area contributed by atoms with Crippen LogP contribution in [0.2, 0.25) is 5.02 Å². The Morgan fingerprint density at radius 2 is 1.85 bits per heavy atom. The van der Waals surface area contributed by atoms with Gasteiger partial charge in [-0.15, -0.1) is 0 Å². The summed E-state index contributed by atoms with van der Waals surface area (Å²) >= 11 is 12.2. The van der Waals surface area contributed by atoms with E-state index in [4.69, 9.17) is 23.2 Å². The summed E-state index contributed by atoms with van der Waals surface area (Å²) in [5, 5.41) is 13.8. The fourth-order valence-corrected chi connectivity index (χ4v) is 6.33. The molecule has 1 aliphatic heterocycles. The van der Waals surface area contributed by atoms with E-state index in [1.165, 1.54) is 35.2 Å². The maximum absolute atomic E-state index is 15.7. The number of urea groups is 1. The third-order valence-corrected chi connectivity index (χ3v) is 8.03. The Hall–Kier alpha value is -2.95. The van der Waals surface area contributed by atoms with Crippen LogP contribution >= 0.6 is 23.2 Å². The zero-order valence-corrected chi connectivity index (χ0v) is 23.5. The number of nitriles is 1. The number of hydrogen-bond donors (Lipinski definition) is 1. The molecule has 1 saturated heterocycles. The highest BCUT2D eigenvalue weighted by Crippen LogP contribution is 2.54. The summed E-state index contributed by atoms with van der Waals surface area (Å²) in [7, 11) is 0. The molecular weight excluding hydrogens is 546 g/mol. The van der Waals surface area contributed by atoms with Gasteiger partial charge in [0, 0.05) is 35.5 Å². The van der Waals surface area contributed by atoms with Crippen molar-refractivity contribution in [1.82, 2.24) is 10.2 Å². The van der Waals surface area contributed by atoms with Crippen LogP contribution in [0.3, 0.4) is 0 Å². The quantitative estimate of drug-likeness (QED) is 0.392. The van der Waals surface area contributed by atoms with Crippen LogP contribution in [0, 0.1) is 40.2 Å². The number of nitrogens with one attached hydrogen (secondary N) is 1. The van der Waals surface area contributed by atoms with Crippen LogP contribution in [-0.2, 0) is 12.0 Å². The van der Waals surface area contributed by atoms with Crippen molar-refractivity contribution in [3.63, 3.8) is 0 Å². The van der Waals surface area contributed by atoms with Gasteiger partial charge >= 0.3 is 6.03 Å². The van der Waals surface area contributed by atoms with E-state index < -0.39 is 46.8 Å². The fourth-order valence-electron chi connectivity index (χ4n) is 5.94. The zero-order chi connectivity index (χ0) is 28.5. The van der Waals surface area contributed by atoms with E-state index >= 15 is 8.78 Å². The molecule has 2 aliphatic rings. The summed E-state index contributed by atoms with van der Waals surface area (Å²) in [6, 6.07) is 10.6. The normalized spacial score (nSPS) is 25.1. The predicted octanol–water partition coefficient (Wildman–Crippen LogP) is 8.02. The minimum Gasteiger partial charge on any atom is -0.334 e. The summed E-state index contributed by atoms with van der Waals surface area (Å²) in [4.78, 5) is 15.2. The van der Waals surface area contributed by atoms with Gasteiger partial charge in [-0.3, -0.25) is 0 Å². The Kier molecular flexibility index (Phi) is 8.39. The highest BCUT2D eigenvalue weighted by atomic mass is 35.5. The number of carbonyl (C=O) groups excluding carboxylic acids is 1. The lowest BCUT2D eigenvalue weighted by Crippen LogP contribution is -2.53. The second kappa shape index (κ2) is 11.3. The van der Waals surface area contributed by atoms with E-state index in [2.05, 4.69) is 11.4 Å². The molecule has 2 aromatic carbocycles. The largest absolute Gasteiger partial charge is 0.334 e. The Labute approximate surface area is 237 Å². The lowest BCUT2D eigenvalue weighted by molar-refractivity contribution is 0.156. The van der Waals surface area contributed by atoms with E-state index in [1.807, 2.05) is 20.8 Å². The van der Waals surface area contributed by atoms with Crippen molar-refractivity contribution in [2.45, 2.75) is 51.6 Å². The van der Waals surface area contributed by atoms with Gasteiger partial charge in [0.2, 0.25) is 0 Å². The average molecular weight is 576 g/mol. The summed E-state index contributed by atoms with van der Waals surface area (Å²) in [5.41, 5.74) is -1.16. The smallest absolute Gasteiger partial charge is 0.318 e. The first-order valence-electron chi connectivity index (χ1n) is 12.7. The van der Waals surface area contributed by atoms with E-state index in [0.29, 0.717) is 12.0 Å². The maximum atomic E-state index is 15.7. The van der Waals surface area contributed by atoms with Crippen molar-refractivity contribution in [2.24, 2.45) is 17.3 Å². The highest BCUT2D eigenvalue weighted by Gasteiger charge is 2.61. The highest BCUT2D eigenvalue weighted by molar-refractivity contribution is 6.31. The first-order valence-corrected chi connectivity index (χ1v) is 13.5. The number of amides is 2. The van der Waals surface area contributed by atoms with E-state index in [0.717, 1.165) is 6.07 Å². The summed E-state index contributed by atoms with van der Waals surface area (Å²) in [5.74, 6) is -3.24. The van der Waals surface area contributed by atoms with Crippen molar-refractivity contribution in [3.05, 3.63) is 93.3 Å². The van der Waals surface area contributed by atoms with Gasteiger partial charge in [0.25, 0.3) is 0 Å². The molecule has 206 valence electrons. The number of benzene rings is 2. The van der Waals surface area contributed by atoms with Crippen molar-refractivity contribution >= 4 is 29.2 Å². The van der Waals surface area contributed by atoms with E-state index in [1.54, 1.807) is 18.2 Å². The molecule has 1 unspecified atom stereocenters. The van der Waals surface area contributed by atoms with Gasteiger partial charge in [0.05, 0.1) is 17.1 Å². The minimum atomic E-state index is -1.60. The van der Waals surface area contributed by atoms with Crippen LogP contribution in [0.1, 0.15) is 44.7 Å². The van der Waals surface area contributed by atoms with Crippen molar-refractivity contribution < 1.29 is 18.0 Å². The maximum Gasteiger partial charge on any atom is 0.318 e. The number of nitrogens with zero attached hydrogens (tertiary/aromatic N) is 2. The molecular formula is C30H30Cl2F3N3O. The lowest BCUT2D eigenvalue weighted by atomic mass is 9.62. The van der Waals surface area contributed by atoms with Crippen LogP contribution in [0.5, 0.6) is 0 Å². The van der Waals surface area contributed by atoms with Gasteiger partial charge in [-0.2, -0.15) is 5.26 Å². The van der Waals surface area contributed by atoms with Crippen LogP contribution in [0.4, 0.5) is 18.0 Å². The molecule has 4 atom stereocenters. The zero-order valence-electron chi connectivity index (χ0n) is 21.9. The van der Waals surface area contributed by atoms with E-state index in [9.17, 15) is 14.4 Å². The molecule has 1 N–H and O–H groups in total. The fraction of sp³-hybridized carbons (Fsp3) is 0.400. The summed E-state index contributed by atoms with van der Waals surface area (Å²) in [6.07, 6.45) is 3.78. The van der Waals surface area contributed by atoms with Crippen LogP contribution in [0.25, 0.3) is 0 Å². The predicted molar refractivity (Wildman–Crippen MR) is 147 cm³/mol. The van der Waals surface area contributed by atoms with Crippen molar-refractivity contribution in [1.29, 1.82) is 5.26 Å². The number of rotatable bonds is 5. The standard InChI is InChI=1S/C30H30Cl2F3N3O/c1-29(2,3)14-19-16-38(28(39)37-15-18-7-10-21(33)11-8-18)27(22-5-4-6-24(32)26(22)35)30(19,17-36)23-12-9-20(31)13-25(23)34/h4,6-13,19,22,27H,5,14-16H2,1-3H3,(H,37,39)/t19-,22?,27-,30-/m1/s1. The molecule has 0 spiro atoms. The molecule has 0 aromatic heterocycles. The van der Waals surface area contributed by atoms with Crippen LogP contribution in [0.15, 0.2) is 65.5 Å². The Balaban J connectivity index is 1.85. The van der Waals surface area contributed by atoms with Gasteiger partial charge in [0.15, 0.2) is 0 Å². The molecule has 9 heteroatoms. The second-order valence-corrected chi connectivity index (χ2v) is 12.2. The molecule has 2 aromatic rings.